The van der Waals surface area contributed by atoms with Crippen LogP contribution in [-0.2, 0) is 0 Å². The monoisotopic (exact) mass is 525 g/mol. The second-order valence-electron chi connectivity index (χ2n) is 9.30. The minimum Gasteiger partial charge on any atom is -0.508 e. The van der Waals surface area contributed by atoms with Gasteiger partial charge in [0.05, 0.1) is 6.61 Å². The molecule has 0 fully saturated rings. The highest BCUT2D eigenvalue weighted by molar-refractivity contribution is 5.86. The number of rotatable bonds is 13. The normalized spacial score (nSPS) is 10.6. The van der Waals surface area contributed by atoms with Crippen LogP contribution in [0.25, 0.3) is 11.1 Å². The maximum absolute atomic E-state index is 12.3. The number of phenolic OH excluding ortho intramolecular Hbond substituents is 1. The van der Waals surface area contributed by atoms with E-state index in [9.17, 15) is 9.90 Å². The fourth-order valence-electron chi connectivity index (χ4n) is 4.04. The van der Waals surface area contributed by atoms with Gasteiger partial charge in [-0.3, -0.25) is 5.32 Å². The summed E-state index contributed by atoms with van der Waals surface area (Å²) < 4.78 is 17.1. The molecule has 0 aliphatic rings. The molecule has 0 radical (unpaired) electrons. The van der Waals surface area contributed by atoms with Crippen molar-refractivity contribution in [3.8, 4) is 39.9 Å². The molecule has 0 atom stereocenters. The number of ether oxygens (including phenoxy) is 3. The van der Waals surface area contributed by atoms with Crippen molar-refractivity contribution in [2.45, 2.75) is 45.4 Å². The van der Waals surface area contributed by atoms with E-state index < -0.39 is 6.09 Å². The van der Waals surface area contributed by atoms with Gasteiger partial charge in [0.2, 0.25) is 0 Å². The first-order chi connectivity index (χ1) is 19.1. The smallest absolute Gasteiger partial charge is 0.417 e. The standard InChI is InChI=1S/C33H35NO5/c1-2-3-4-5-6-7-24-37-29-20-22-32(23-21-29)39-33(36)34-27-12-18-31(19-13-27)38-30-16-10-26(11-17-30)25-8-14-28(35)15-9-25/h8-23,35H,2-7,24H2,1H3,(H,34,36). The van der Waals surface area contributed by atoms with Gasteiger partial charge in [-0.25, -0.2) is 4.79 Å². The van der Waals surface area contributed by atoms with Crippen molar-refractivity contribution >= 4 is 11.8 Å². The Morgan fingerprint density at radius 1 is 0.641 bits per heavy atom. The second-order valence-corrected chi connectivity index (χ2v) is 9.30. The zero-order chi connectivity index (χ0) is 27.3. The van der Waals surface area contributed by atoms with Gasteiger partial charge in [-0.1, -0.05) is 63.3 Å². The van der Waals surface area contributed by atoms with E-state index in [2.05, 4.69) is 12.2 Å². The van der Waals surface area contributed by atoms with Crippen LogP contribution in [0.15, 0.2) is 97.1 Å². The van der Waals surface area contributed by atoms with Gasteiger partial charge < -0.3 is 19.3 Å². The van der Waals surface area contributed by atoms with Gasteiger partial charge in [0, 0.05) is 5.69 Å². The average molecular weight is 526 g/mol. The molecule has 0 aromatic heterocycles. The molecule has 0 aliphatic heterocycles. The summed E-state index contributed by atoms with van der Waals surface area (Å²) in [4.78, 5) is 12.3. The highest BCUT2D eigenvalue weighted by Crippen LogP contribution is 2.28. The lowest BCUT2D eigenvalue weighted by Gasteiger charge is -2.10. The van der Waals surface area contributed by atoms with Crippen LogP contribution in [-0.4, -0.2) is 17.8 Å². The van der Waals surface area contributed by atoms with Crippen molar-refractivity contribution in [2.24, 2.45) is 0 Å². The SMILES string of the molecule is CCCCCCCCOc1ccc(OC(=O)Nc2ccc(Oc3ccc(-c4ccc(O)cc4)cc3)cc2)cc1. The van der Waals surface area contributed by atoms with Crippen molar-refractivity contribution in [2.75, 3.05) is 11.9 Å². The summed E-state index contributed by atoms with van der Waals surface area (Å²) in [6.07, 6.45) is 6.76. The van der Waals surface area contributed by atoms with Crippen LogP contribution in [0, 0.1) is 0 Å². The molecular formula is C33H35NO5. The molecule has 4 aromatic carbocycles. The molecule has 4 aromatic rings. The molecule has 2 N–H and O–H groups in total. The highest BCUT2D eigenvalue weighted by Gasteiger charge is 2.07. The molecule has 0 aliphatic carbocycles. The minimum atomic E-state index is -0.575. The zero-order valence-corrected chi connectivity index (χ0v) is 22.3. The van der Waals surface area contributed by atoms with Gasteiger partial charge >= 0.3 is 6.09 Å². The van der Waals surface area contributed by atoms with Crippen LogP contribution in [0.3, 0.4) is 0 Å². The fourth-order valence-corrected chi connectivity index (χ4v) is 4.04. The van der Waals surface area contributed by atoms with Crippen LogP contribution in [0.4, 0.5) is 10.5 Å². The molecule has 4 rings (SSSR count). The largest absolute Gasteiger partial charge is 0.508 e. The molecule has 0 spiro atoms. The number of unbranched alkanes of at least 4 members (excludes halogenated alkanes) is 5. The first-order valence-electron chi connectivity index (χ1n) is 13.5. The first-order valence-corrected chi connectivity index (χ1v) is 13.5. The van der Waals surface area contributed by atoms with Gasteiger partial charge in [-0.05, 0) is 90.3 Å². The Hall–Kier alpha value is -4.45. The number of hydrogen-bond acceptors (Lipinski definition) is 5. The van der Waals surface area contributed by atoms with Gasteiger partial charge in [0.15, 0.2) is 0 Å². The van der Waals surface area contributed by atoms with E-state index in [-0.39, 0.29) is 5.75 Å². The molecule has 39 heavy (non-hydrogen) atoms. The third kappa shape index (κ3) is 9.11. The van der Waals surface area contributed by atoms with Crippen molar-refractivity contribution in [3.63, 3.8) is 0 Å². The lowest BCUT2D eigenvalue weighted by molar-refractivity contribution is 0.215. The number of carbonyl (C=O) groups is 1. The summed E-state index contributed by atoms with van der Waals surface area (Å²) >= 11 is 0. The van der Waals surface area contributed by atoms with Gasteiger partial charge in [0.25, 0.3) is 0 Å². The van der Waals surface area contributed by atoms with Crippen molar-refractivity contribution in [1.29, 1.82) is 0 Å². The van der Waals surface area contributed by atoms with Crippen LogP contribution in [0.5, 0.6) is 28.7 Å². The summed E-state index contributed by atoms with van der Waals surface area (Å²) in [5.74, 6) is 2.78. The van der Waals surface area contributed by atoms with Crippen LogP contribution >= 0.6 is 0 Å². The van der Waals surface area contributed by atoms with Crippen LogP contribution in [0.2, 0.25) is 0 Å². The molecule has 6 nitrogen and oxygen atoms in total. The number of hydrogen-bond donors (Lipinski definition) is 2. The van der Waals surface area contributed by atoms with E-state index >= 15 is 0 Å². The number of aromatic hydroxyl groups is 1. The maximum Gasteiger partial charge on any atom is 0.417 e. The predicted octanol–water partition coefficient (Wildman–Crippen LogP) is 9.20. The Morgan fingerprint density at radius 2 is 1.15 bits per heavy atom. The number of anilines is 1. The molecule has 0 saturated carbocycles. The maximum atomic E-state index is 12.3. The molecule has 0 bridgehead atoms. The van der Waals surface area contributed by atoms with Crippen molar-refractivity contribution < 1.29 is 24.1 Å². The van der Waals surface area contributed by atoms with Crippen LogP contribution in [0.1, 0.15) is 45.4 Å². The summed E-state index contributed by atoms with van der Waals surface area (Å²) in [6, 6.07) is 28.9. The molecule has 1 amide bonds. The zero-order valence-electron chi connectivity index (χ0n) is 22.3. The van der Waals surface area contributed by atoms with E-state index in [1.165, 1.54) is 32.1 Å². The Morgan fingerprint density at radius 3 is 1.79 bits per heavy atom. The lowest BCUT2D eigenvalue weighted by Crippen LogP contribution is -2.16. The van der Waals surface area contributed by atoms with Gasteiger partial charge in [0.1, 0.15) is 28.7 Å². The Kier molecular flexibility index (Phi) is 10.2. The first kappa shape index (κ1) is 27.6. The third-order valence-electron chi connectivity index (χ3n) is 6.19. The lowest BCUT2D eigenvalue weighted by atomic mass is 10.1. The van der Waals surface area contributed by atoms with Crippen LogP contribution < -0.4 is 19.5 Å². The molecule has 0 heterocycles. The Bertz CT molecular complexity index is 1280. The molecule has 6 heteroatoms. The molecule has 202 valence electrons. The third-order valence-corrected chi connectivity index (χ3v) is 6.19. The van der Waals surface area contributed by atoms with E-state index in [4.69, 9.17) is 14.2 Å². The van der Waals surface area contributed by atoms with E-state index in [1.807, 2.05) is 48.5 Å². The van der Waals surface area contributed by atoms with Gasteiger partial charge in [-0.2, -0.15) is 0 Å². The highest BCUT2D eigenvalue weighted by atomic mass is 16.6. The second kappa shape index (κ2) is 14.5. The molecule has 0 saturated heterocycles. The number of benzene rings is 4. The van der Waals surface area contributed by atoms with E-state index in [0.717, 1.165) is 23.3 Å². The molecule has 0 unspecified atom stereocenters. The Labute approximate surface area is 230 Å². The fraction of sp³-hybridized carbons (Fsp3) is 0.242. The van der Waals surface area contributed by atoms with Crippen molar-refractivity contribution in [3.05, 3.63) is 97.1 Å². The summed E-state index contributed by atoms with van der Waals surface area (Å²) in [5.41, 5.74) is 2.62. The Balaban J connectivity index is 1.19. The van der Waals surface area contributed by atoms with E-state index in [1.54, 1.807) is 48.5 Å². The topological polar surface area (TPSA) is 77.0 Å². The number of phenols is 1. The summed E-state index contributed by atoms with van der Waals surface area (Å²) in [6.45, 7) is 2.91. The summed E-state index contributed by atoms with van der Waals surface area (Å²) in [5, 5.41) is 12.2. The number of amides is 1. The molecular weight excluding hydrogens is 490 g/mol. The quantitative estimate of drug-likeness (QED) is 0.170. The van der Waals surface area contributed by atoms with E-state index in [0.29, 0.717) is 29.5 Å². The number of nitrogens with one attached hydrogen (secondary N) is 1. The number of carbonyl (C=O) groups excluding carboxylic acids is 1. The van der Waals surface area contributed by atoms with Crippen molar-refractivity contribution in [1.82, 2.24) is 0 Å². The minimum absolute atomic E-state index is 0.239. The summed E-state index contributed by atoms with van der Waals surface area (Å²) in [7, 11) is 0. The predicted molar refractivity (Wildman–Crippen MR) is 155 cm³/mol. The van der Waals surface area contributed by atoms with Gasteiger partial charge in [-0.15, -0.1) is 0 Å². The average Bonchev–Trinajstić information content (AvgIpc) is 2.95.